The van der Waals surface area contributed by atoms with Crippen LogP contribution in [0.25, 0.3) is 6.08 Å². The van der Waals surface area contributed by atoms with Crippen molar-refractivity contribution >= 4 is 23.4 Å². The van der Waals surface area contributed by atoms with Crippen molar-refractivity contribution in [2.75, 3.05) is 18.2 Å². The Morgan fingerprint density at radius 3 is 2.77 bits per heavy atom. The fraction of sp³-hybridized carbons (Fsp3) is 0.167. The summed E-state index contributed by atoms with van der Waals surface area (Å²) in [4.78, 5) is 11.9. The molecular formula is C18H20N2O2. The summed E-state index contributed by atoms with van der Waals surface area (Å²) < 4.78 is 5.14. The topological polar surface area (TPSA) is 64.3 Å². The van der Waals surface area contributed by atoms with Crippen molar-refractivity contribution in [3.05, 3.63) is 59.7 Å². The number of nitrogens with two attached hydrogens (primary N) is 1. The summed E-state index contributed by atoms with van der Waals surface area (Å²) in [5.74, 6) is 0.553. The van der Waals surface area contributed by atoms with E-state index in [4.69, 9.17) is 10.5 Å². The number of benzene rings is 2. The highest BCUT2D eigenvalue weighted by molar-refractivity contribution is 6.02. The molecule has 2 rings (SSSR count). The molecule has 2 aromatic rings. The quantitative estimate of drug-likeness (QED) is 0.655. The zero-order valence-corrected chi connectivity index (χ0v) is 12.8. The molecule has 0 unspecified atom stereocenters. The Morgan fingerprint density at radius 2 is 2.09 bits per heavy atom. The molecule has 0 spiro atoms. The van der Waals surface area contributed by atoms with Crippen LogP contribution in [-0.2, 0) is 11.2 Å². The van der Waals surface area contributed by atoms with Gasteiger partial charge in [-0.15, -0.1) is 0 Å². The summed E-state index contributed by atoms with van der Waals surface area (Å²) in [5.41, 5.74) is 9.28. The Hall–Kier alpha value is -2.75. The van der Waals surface area contributed by atoms with Crippen molar-refractivity contribution in [1.82, 2.24) is 0 Å². The fourth-order valence-corrected chi connectivity index (χ4v) is 2.10. The molecule has 114 valence electrons. The van der Waals surface area contributed by atoms with Gasteiger partial charge in [0.25, 0.3) is 0 Å². The van der Waals surface area contributed by atoms with Gasteiger partial charge >= 0.3 is 0 Å². The lowest BCUT2D eigenvalue weighted by Crippen LogP contribution is -2.08. The monoisotopic (exact) mass is 296 g/mol. The Balaban J connectivity index is 2.03. The summed E-state index contributed by atoms with van der Waals surface area (Å²) in [7, 11) is 1.61. The van der Waals surface area contributed by atoms with Crippen LogP contribution < -0.4 is 15.8 Å². The number of rotatable bonds is 5. The van der Waals surface area contributed by atoms with Crippen molar-refractivity contribution in [2.45, 2.75) is 13.3 Å². The number of carbonyl (C=O) groups excluding carboxylic acids is 1. The number of methoxy groups -OCH3 is 1. The fourth-order valence-electron chi connectivity index (χ4n) is 2.10. The molecular weight excluding hydrogens is 276 g/mol. The molecule has 0 aromatic heterocycles. The minimum Gasteiger partial charge on any atom is -0.497 e. The first kappa shape index (κ1) is 15.6. The number of nitrogen functional groups attached to an aromatic ring is 1. The minimum atomic E-state index is -0.202. The zero-order chi connectivity index (χ0) is 15.9. The van der Waals surface area contributed by atoms with Gasteiger partial charge in [-0.25, -0.2) is 0 Å². The highest BCUT2D eigenvalue weighted by Crippen LogP contribution is 2.18. The largest absolute Gasteiger partial charge is 0.497 e. The number of hydrogen-bond donors (Lipinski definition) is 2. The van der Waals surface area contributed by atoms with Crippen LogP contribution in [0.1, 0.15) is 18.1 Å². The van der Waals surface area contributed by atoms with Gasteiger partial charge in [-0.05, 0) is 47.9 Å². The SMILES string of the molecule is CCc1ccc(NC(=O)/C=C/c2cccc(OC)c2)cc1N. The van der Waals surface area contributed by atoms with Crippen molar-refractivity contribution in [3.63, 3.8) is 0 Å². The number of amides is 1. The van der Waals surface area contributed by atoms with Gasteiger partial charge in [-0.1, -0.05) is 25.1 Å². The van der Waals surface area contributed by atoms with Gasteiger partial charge in [-0.2, -0.15) is 0 Å². The molecule has 22 heavy (non-hydrogen) atoms. The summed E-state index contributed by atoms with van der Waals surface area (Å²) in [6.45, 7) is 2.04. The average molecular weight is 296 g/mol. The van der Waals surface area contributed by atoms with Gasteiger partial charge in [0.15, 0.2) is 0 Å². The normalized spacial score (nSPS) is 10.6. The number of hydrogen-bond acceptors (Lipinski definition) is 3. The predicted octanol–water partition coefficient (Wildman–Crippen LogP) is 3.49. The first-order chi connectivity index (χ1) is 10.6. The predicted molar refractivity (Wildman–Crippen MR) is 90.9 cm³/mol. The third kappa shape index (κ3) is 4.12. The van der Waals surface area contributed by atoms with Crippen LogP contribution >= 0.6 is 0 Å². The average Bonchev–Trinajstić information content (AvgIpc) is 2.53. The van der Waals surface area contributed by atoms with Crippen molar-refractivity contribution in [3.8, 4) is 5.75 Å². The van der Waals surface area contributed by atoms with E-state index in [2.05, 4.69) is 5.32 Å². The van der Waals surface area contributed by atoms with Gasteiger partial charge in [0.1, 0.15) is 5.75 Å². The molecule has 0 bridgehead atoms. The van der Waals surface area contributed by atoms with E-state index in [9.17, 15) is 4.79 Å². The maximum atomic E-state index is 11.9. The molecule has 4 nitrogen and oxygen atoms in total. The number of anilines is 2. The van der Waals surface area contributed by atoms with Gasteiger partial charge in [0, 0.05) is 17.5 Å². The minimum absolute atomic E-state index is 0.202. The van der Waals surface area contributed by atoms with Crippen LogP contribution in [-0.4, -0.2) is 13.0 Å². The van der Waals surface area contributed by atoms with Crippen LogP contribution in [0.5, 0.6) is 5.75 Å². The lowest BCUT2D eigenvalue weighted by Gasteiger charge is -2.07. The van der Waals surface area contributed by atoms with Gasteiger partial charge in [0.2, 0.25) is 5.91 Å². The number of ether oxygens (including phenoxy) is 1. The summed E-state index contributed by atoms with van der Waals surface area (Å²) in [6.07, 6.45) is 4.09. The van der Waals surface area contributed by atoms with Crippen LogP contribution in [0.4, 0.5) is 11.4 Å². The van der Waals surface area contributed by atoms with Crippen molar-refractivity contribution in [2.24, 2.45) is 0 Å². The van der Waals surface area contributed by atoms with Gasteiger partial charge < -0.3 is 15.8 Å². The molecule has 0 aliphatic rings. The van der Waals surface area contributed by atoms with E-state index in [0.717, 1.165) is 23.3 Å². The maximum Gasteiger partial charge on any atom is 0.248 e. The van der Waals surface area contributed by atoms with Crippen LogP contribution in [0.3, 0.4) is 0 Å². The number of nitrogens with one attached hydrogen (secondary N) is 1. The van der Waals surface area contributed by atoms with E-state index >= 15 is 0 Å². The van der Waals surface area contributed by atoms with Crippen molar-refractivity contribution < 1.29 is 9.53 Å². The van der Waals surface area contributed by atoms with Crippen LogP contribution in [0.2, 0.25) is 0 Å². The Labute approximate surface area is 130 Å². The molecule has 2 aromatic carbocycles. The lowest BCUT2D eigenvalue weighted by atomic mass is 10.1. The van der Waals surface area contributed by atoms with E-state index in [-0.39, 0.29) is 5.91 Å². The number of carbonyl (C=O) groups is 1. The van der Waals surface area contributed by atoms with Gasteiger partial charge in [0.05, 0.1) is 7.11 Å². The van der Waals surface area contributed by atoms with E-state index in [1.165, 1.54) is 6.08 Å². The Bertz CT molecular complexity index is 693. The van der Waals surface area contributed by atoms with E-state index in [1.807, 2.05) is 43.3 Å². The highest BCUT2D eigenvalue weighted by Gasteiger charge is 2.02. The molecule has 0 radical (unpaired) electrons. The molecule has 1 amide bonds. The second-order valence-corrected chi connectivity index (χ2v) is 4.87. The molecule has 0 saturated heterocycles. The standard InChI is InChI=1S/C18H20N2O2/c1-3-14-8-9-15(12-17(14)19)20-18(21)10-7-13-5-4-6-16(11-13)22-2/h4-12H,3,19H2,1-2H3,(H,20,21)/b10-7+. The van der Waals surface area contributed by atoms with Crippen molar-refractivity contribution in [1.29, 1.82) is 0 Å². The smallest absolute Gasteiger partial charge is 0.248 e. The first-order valence-corrected chi connectivity index (χ1v) is 7.14. The maximum absolute atomic E-state index is 11.9. The molecule has 0 aliphatic carbocycles. The zero-order valence-electron chi connectivity index (χ0n) is 12.8. The van der Waals surface area contributed by atoms with E-state index in [0.29, 0.717) is 11.4 Å². The molecule has 0 atom stereocenters. The Kier molecular flexibility index (Phi) is 5.20. The second-order valence-electron chi connectivity index (χ2n) is 4.87. The Morgan fingerprint density at radius 1 is 1.27 bits per heavy atom. The second kappa shape index (κ2) is 7.31. The highest BCUT2D eigenvalue weighted by atomic mass is 16.5. The van der Waals surface area contributed by atoms with Gasteiger partial charge in [-0.3, -0.25) is 4.79 Å². The summed E-state index contributed by atoms with van der Waals surface area (Å²) in [5, 5.41) is 2.80. The molecule has 0 fully saturated rings. The summed E-state index contributed by atoms with van der Waals surface area (Å²) >= 11 is 0. The van der Waals surface area contributed by atoms with E-state index < -0.39 is 0 Å². The first-order valence-electron chi connectivity index (χ1n) is 7.14. The third-order valence-electron chi connectivity index (χ3n) is 3.32. The molecule has 4 heteroatoms. The van der Waals surface area contributed by atoms with E-state index in [1.54, 1.807) is 19.3 Å². The molecule has 0 aliphatic heterocycles. The molecule has 3 N–H and O–H groups in total. The summed E-state index contributed by atoms with van der Waals surface area (Å²) in [6, 6.07) is 13.0. The molecule has 0 saturated carbocycles. The molecule has 0 heterocycles. The number of aryl methyl sites for hydroxylation is 1. The third-order valence-corrected chi connectivity index (χ3v) is 3.32. The lowest BCUT2D eigenvalue weighted by molar-refractivity contribution is -0.111. The van der Waals surface area contributed by atoms with Crippen LogP contribution in [0, 0.1) is 0 Å². The van der Waals surface area contributed by atoms with Crippen LogP contribution in [0.15, 0.2) is 48.5 Å².